The quantitative estimate of drug-likeness (QED) is 0.626. The van der Waals surface area contributed by atoms with E-state index in [0.29, 0.717) is 0 Å². The van der Waals surface area contributed by atoms with E-state index in [1.807, 2.05) is 0 Å². The highest BCUT2D eigenvalue weighted by Gasteiger charge is 2.39. The minimum absolute atomic E-state index is 0.0485. The van der Waals surface area contributed by atoms with Gasteiger partial charge in [-0.1, -0.05) is 0 Å². The second-order valence-electron chi connectivity index (χ2n) is 3.35. The first-order valence-electron chi connectivity index (χ1n) is 4.29. The summed E-state index contributed by atoms with van der Waals surface area (Å²) >= 11 is 5.56. The van der Waals surface area contributed by atoms with Gasteiger partial charge in [-0.2, -0.15) is 0 Å². The van der Waals surface area contributed by atoms with E-state index in [2.05, 4.69) is 0 Å². The van der Waals surface area contributed by atoms with Crippen molar-refractivity contribution in [1.82, 2.24) is 4.90 Å². The van der Waals surface area contributed by atoms with Crippen molar-refractivity contribution < 1.29 is 19.8 Å². The van der Waals surface area contributed by atoms with E-state index < -0.39 is 29.4 Å². The molecule has 0 saturated carbocycles. The Morgan fingerprint density at radius 1 is 1.57 bits per heavy atom. The lowest BCUT2D eigenvalue weighted by molar-refractivity contribution is -0.147. The largest absolute Gasteiger partial charge is 0.480 e. The Labute approximate surface area is 86.3 Å². The average Bonchev–Trinajstić information content (AvgIpc) is 2.45. The first-order valence-corrected chi connectivity index (χ1v) is 4.72. The smallest absolute Gasteiger partial charge is 0.326 e. The number of aliphatic hydroxyl groups excluding tert-OH is 1. The van der Waals surface area contributed by atoms with Gasteiger partial charge in [-0.3, -0.25) is 4.79 Å². The van der Waals surface area contributed by atoms with E-state index in [1.54, 1.807) is 0 Å². The van der Waals surface area contributed by atoms with Crippen LogP contribution in [-0.4, -0.2) is 51.1 Å². The summed E-state index contributed by atoms with van der Waals surface area (Å²) in [5.41, 5.74) is 0. The molecule has 1 saturated heterocycles. The molecule has 3 atom stereocenters. The van der Waals surface area contributed by atoms with Crippen LogP contribution >= 0.6 is 11.6 Å². The molecule has 1 amide bonds. The molecule has 0 aromatic rings. The normalized spacial score (nSPS) is 28.9. The Kier molecular flexibility index (Phi) is 3.34. The van der Waals surface area contributed by atoms with E-state index in [-0.39, 0.29) is 13.0 Å². The van der Waals surface area contributed by atoms with Gasteiger partial charge in [0.25, 0.3) is 0 Å². The molecule has 1 heterocycles. The molecule has 80 valence electrons. The fourth-order valence-corrected chi connectivity index (χ4v) is 1.65. The summed E-state index contributed by atoms with van der Waals surface area (Å²) in [4.78, 5) is 23.3. The number of rotatable bonds is 2. The molecular formula is C8H12ClNO4. The average molecular weight is 222 g/mol. The van der Waals surface area contributed by atoms with Crippen LogP contribution in [0.25, 0.3) is 0 Å². The molecule has 0 spiro atoms. The number of alkyl halides is 1. The van der Waals surface area contributed by atoms with Crippen molar-refractivity contribution in [2.24, 2.45) is 0 Å². The number of aliphatic carboxylic acids is 1. The lowest BCUT2D eigenvalue weighted by atomic mass is 10.2. The topological polar surface area (TPSA) is 77.8 Å². The molecule has 0 radical (unpaired) electrons. The van der Waals surface area contributed by atoms with E-state index in [4.69, 9.17) is 16.7 Å². The van der Waals surface area contributed by atoms with Gasteiger partial charge >= 0.3 is 5.97 Å². The van der Waals surface area contributed by atoms with Gasteiger partial charge < -0.3 is 15.1 Å². The van der Waals surface area contributed by atoms with Crippen LogP contribution in [0.5, 0.6) is 0 Å². The number of β-amino-alcohol motifs (C(OH)–C–C–N with tert-alkyl or cyclic N) is 1. The number of nitrogens with zero attached hydrogens (tertiary/aromatic N) is 1. The second kappa shape index (κ2) is 4.14. The van der Waals surface area contributed by atoms with Gasteiger partial charge in [-0.05, 0) is 6.92 Å². The Morgan fingerprint density at radius 2 is 2.14 bits per heavy atom. The van der Waals surface area contributed by atoms with E-state index in [9.17, 15) is 14.7 Å². The lowest BCUT2D eigenvalue weighted by Gasteiger charge is -2.22. The number of carboxylic acid groups (broad SMARTS) is 1. The SMILES string of the molecule is CC(Cl)C(=O)N1CC(O)CC1C(=O)O. The van der Waals surface area contributed by atoms with Crippen molar-refractivity contribution in [2.75, 3.05) is 6.54 Å². The molecule has 0 bridgehead atoms. The zero-order valence-electron chi connectivity index (χ0n) is 7.68. The number of halogens is 1. The van der Waals surface area contributed by atoms with Gasteiger partial charge in [-0.25, -0.2) is 4.79 Å². The first-order chi connectivity index (χ1) is 6.43. The Balaban J connectivity index is 2.76. The number of aliphatic hydroxyl groups is 1. The van der Waals surface area contributed by atoms with Gasteiger partial charge in [0.1, 0.15) is 11.4 Å². The highest BCUT2D eigenvalue weighted by atomic mass is 35.5. The van der Waals surface area contributed by atoms with Crippen LogP contribution in [0.15, 0.2) is 0 Å². The third-order valence-electron chi connectivity index (χ3n) is 2.19. The summed E-state index contributed by atoms with van der Waals surface area (Å²) in [5, 5.41) is 17.3. The highest BCUT2D eigenvalue weighted by Crippen LogP contribution is 2.20. The molecule has 2 N–H and O–H groups in total. The van der Waals surface area contributed by atoms with Crippen LogP contribution in [-0.2, 0) is 9.59 Å². The van der Waals surface area contributed by atoms with Crippen molar-refractivity contribution >= 4 is 23.5 Å². The summed E-state index contributed by atoms with van der Waals surface area (Å²) in [5.74, 6) is -1.55. The van der Waals surface area contributed by atoms with Crippen molar-refractivity contribution in [3.63, 3.8) is 0 Å². The molecule has 1 rings (SSSR count). The summed E-state index contributed by atoms with van der Waals surface area (Å²) in [6.07, 6.45) is -0.694. The number of hydrogen-bond donors (Lipinski definition) is 2. The number of carboxylic acids is 1. The predicted octanol–water partition coefficient (Wildman–Crippen LogP) is -0.340. The summed E-state index contributed by atoms with van der Waals surface area (Å²) in [7, 11) is 0. The van der Waals surface area contributed by atoms with Crippen LogP contribution < -0.4 is 0 Å². The molecule has 0 aliphatic carbocycles. The minimum Gasteiger partial charge on any atom is -0.480 e. The Morgan fingerprint density at radius 3 is 2.57 bits per heavy atom. The van der Waals surface area contributed by atoms with Crippen molar-refractivity contribution in [3.05, 3.63) is 0 Å². The maximum Gasteiger partial charge on any atom is 0.326 e. The molecule has 1 fully saturated rings. The molecular weight excluding hydrogens is 210 g/mol. The van der Waals surface area contributed by atoms with Crippen molar-refractivity contribution in [2.45, 2.75) is 30.9 Å². The molecule has 1 aliphatic heterocycles. The predicted molar refractivity (Wildman–Crippen MR) is 49.1 cm³/mol. The molecule has 1 aliphatic rings. The zero-order chi connectivity index (χ0) is 10.9. The van der Waals surface area contributed by atoms with E-state index in [0.717, 1.165) is 4.90 Å². The third-order valence-corrected chi connectivity index (χ3v) is 2.37. The number of likely N-dealkylation sites (tertiary alicyclic amines) is 1. The van der Waals surface area contributed by atoms with Crippen molar-refractivity contribution in [1.29, 1.82) is 0 Å². The number of carbonyl (C=O) groups is 2. The van der Waals surface area contributed by atoms with Crippen LogP contribution in [0.2, 0.25) is 0 Å². The number of hydrogen-bond acceptors (Lipinski definition) is 3. The van der Waals surface area contributed by atoms with Gasteiger partial charge in [0.05, 0.1) is 6.10 Å². The Hall–Kier alpha value is -0.810. The second-order valence-corrected chi connectivity index (χ2v) is 4.00. The molecule has 6 heteroatoms. The van der Waals surface area contributed by atoms with Gasteiger partial charge in [-0.15, -0.1) is 11.6 Å². The van der Waals surface area contributed by atoms with Crippen LogP contribution in [0.3, 0.4) is 0 Å². The maximum atomic E-state index is 11.4. The van der Waals surface area contributed by atoms with E-state index >= 15 is 0 Å². The minimum atomic E-state index is -1.10. The lowest BCUT2D eigenvalue weighted by Crippen LogP contribution is -2.43. The molecule has 0 aromatic heterocycles. The zero-order valence-corrected chi connectivity index (χ0v) is 8.44. The standard InChI is InChI=1S/C8H12ClNO4/c1-4(9)7(12)10-3-5(11)2-6(10)8(13)14/h4-6,11H,2-3H2,1H3,(H,13,14). The van der Waals surface area contributed by atoms with Gasteiger partial charge in [0, 0.05) is 13.0 Å². The Bertz CT molecular complexity index is 256. The summed E-state index contributed by atoms with van der Waals surface area (Å²) in [6, 6.07) is -0.946. The van der Waals surface area contributed by atoms with Crippen LogP contribution in [0.4, 0.5) is 0 Å². The monoisotopic (exact) mass is 221 g/mol. The summed E-state index contributed by atoms with van der Waals surface area (Å²) in [6.45, 7) is 1.53. The van der Waals surface area contributed by atoms with Crippen LogP contribution in [0, 0.1) is 0 Å². The number of carbonyl (C=O) groups excluding carboxylic acids is 1. The van der Waals surface area contributed by atoms with E-state index in [1.165, 1.54) is 6.92 Å². The molecule has 14 heavy (non-hydrogen) atoms. The molecule has 0 aromatic carbocycles. The molecule has 3 unspecified atom stereocenters. The fourth-order valence-electron chi connectivity index (χ4n) is 1.52. The fraction of sp³-hybridized carbons (Fsp3) is 0.750. The first kappa shape index (κ1) is 11.3. The van der Waals surface area contributed by atoms with Crippen LogP contribution in [0.1, 0.15) is 13.3 Å². The van der Waals surface area contributed by atoms with Gasteiger partial charge in [0.2, 0.25) is 5.91 Å². The molecule has 5 nitrogen and oxygen atoms in total. The maximum absolute atomic E-state index is 11.4. The van der Waals surface area contributed by atoms with Gasteiger partial charge in [0.15, 0.2) is 0 Å². The third kappa shape index (κ3) is 2.16. The highest BCUT2D eigenvalue weighted by molar-refractivity contribution is 6.30. The summed E-state index contributed by atoms with van der Waals surface area (Å²) < 4.78 is 0. The number of amides is 1. The van der Waals surface area contributed by atoms with Crippen molar-refractivity contribution in [3.8, 4) is 0 Å².